The van der Waals surface area contributed by atoms with E-state index in [9.17, 15) is 9.59 Å². The Bertz CT molecular complexity index is 820. The SMILES string of the molecule is CCN(CCC1CC1)C(=O)c1c(C)cc(=O)n(-c2ccccc2)c1C. The summed E-state index contributed by atoms with van der Waals surface area (Å²) in [6, 6.07) is 11.1. The third kappa shape index (κ3) is 3.68. The standard InChI is InChI=1S/C21H26N2O2/c1-4-22(13-12-17-10-11-17)21(25)20-15(2)14-19(24)23(16(20)3)18-8-6-5-7-9-18/h5-9,14,17H,4,10-13H2,1-3H3. The molecule has 25 heavy (non-hydrogen) atoms. The highest BCUT2D eigenvalue weighted by Gasteiger charge is 2.25. The Morgan fingerprint density at radius 2 is 1.88 bits per heavy atom. The number of pyridine rings is 1. The third-order valence-electron chi connectivity index (χ3n) is 5.05. The van der Waals surface area contributed by atoms with E-state index in [2.05, 4.69) is 0 Å². The van der Waals surface area contributed by atoms with Crippen molar-refractivity contribution in [3.63, 3.8) is 0 Å². The summed E-state index contributed by atoms with van der Waals surface area (Å²) in [7, 11) is 0. The van der Waals surface area contributed by atoms with Gasteiger partial charge in [-0.2, -0.15) is 0 Å². The molecule has 1 aliphatic carbocycles. The topological polar surface area (TPSA) is 42.3 Å². The summed E-state index contributed by atoms with van der Waals surface area (Å²) < 4.78 is 1.63. The van der Waals surface area contributed by atoms with Crippen LogP contribution in [0.1, 0.15) is 47.8 Å². The minimum Gasteiger partial charge on any atom is -0.339 e. The van der Waals surface area contributed by atoms with Crippen LogP contribution in [-0.4, -0.2) is 28.5 Å². The number of carbonyl (C=O) groups is 1. The number of nitrogens with zero attached hydrogens (tertiary/aromatic N) is 2. The molecule has 2 aromatic rings. The fraction of sp³-hybridized carbons (Fsp3) is 0.429. The molecule has 1 amide bonds. The lowest BCUT2D eigenvalue weighted by Crippen LogP contribution is -2.35. The van der Waals surface area contributed by atoms with Gasteiger partial charge in [-0.25, -0.2) is 0 Å². The highest BCUT2D eigenvalue weighted by Crippen LogP contribution is 2.32. The van der Waals surface area contributed by atoms with E-state index in [0.29, 0.717) is 17.8 Å². The molecule has 1 aromatic carbocycles. The van der Waals surface area contributed by atoms with Crippen molar-refractivity contribution in [2.75, 3.05) is 13.1 Å². The average molecular weight is 338 g/mol. The van der Waals surface area contributed by atoms with E-state index in [1.54, 1.807) is 10.6 Å². The molecule has 0 spiro atoms. The molecular formula is C21H26N2O2. The molecule has 0 N–H and O–H groups in total. The third-order valence-corrected chi connectivity index (χ3v) is 5.05. The van der Waals surface area contributed by atoms with Crippen LogP contribution in [0.25, 0.3) is 5.69 Å². The van der Waals surface area contributed by atoms with Gasteiger partial charge in [-0.3, -0.25) is 14.2 Å². The van der Waals surface area contributed by atoms with Crippen LogP contribution < -0.4 is 5.56 Å². The summed E-state index contributed by atoms with van der Waals surface area (Å²) in [5.74, 6) is 0.824. The Hall–Kier alpha value is -2.36. The lowest BCUT2D eigenvalue weighted by atomic mass is 10.1. The van der Waals surface area contributed by atoms with E-state index >= 15 is 0 Å². The van der Waals surface area contributed by atoms with E-state index in [-0.39, 0.29) is 11.5 Å². The van der Waals surface area contributed by atoms with Gasteiger partial charge in [0, 0.05) is 30.5 Å². The predicted molar refractivity (Wildman–Crippen MR) is 100 cm³/mol. The van der Waals surface area contributed by atoms with E-state index < -0.39 is 0 Å². The van der Waals surface area contributed by atoms with Crippen LogP contribution in [0.15, 0.2) is 41.2 Å². The first-order valence-electron chi connectivity index (χ1n) is 9.11. The Morgan fingerprint density at radius 3 is 2.48 bits per heavy atom. The van der Waals surface area contributed by atoms with Crippen molar-refractivity contribution in [1.82, 2.24) is 9.47 Å². The number of aryl methyl sites for hydroxylation is 1. The van der Waals surface area contributed by atoms with Crippen LogP contribution >= 0.6 is 0 Å². The van der Waals surface area contributed by atoms with E-state index in [1.165, 1.54) is 12.8 Å². The molecule has 132 valence electrons. The second kappa shape index (κ2) is 7.26. The van der Waals surface area contributed by atoms with Crippen molar-refractivity contribution in [2.45, 2.75) is 40.0 Å². The van der Waals surface area contributed by atoms with Crippen molar-refractivity contribution in [3.05, 3.63) is 63.6 Å². The zero-order valence-electron chi connectivity index (χ0n) is 15.3. The molecule has 1 aromatic heterocycles. The summed E-state index contributed by atoms with van der Waals surface area (Å²) in [5, 5.41) is 0. The molecule has 1 aliphatic rings. The molecular weight excluding hydrogens is 312 g/mol. The minimum atomic E-state index is -0.0984. The zero-order valence-corrected chi connectivity index (χ0v) is 15.3. The Balaban J connectivity index is 2.00. The molecule has 0 bridgehead atoms. The maximum atomic E-state index is 13.2. The maximum absolute atomic E-state index is 13.2. The van der Waals surface area contributed by atoms with Crippen LogP contribution in [0.4, 0.5) is 0 Å². The van der Waals surface area contributed by atoms with Gasteiger partial charge in [0.05, 0.1) is 5.56 Å². The lowest BCUT2D eigenvalue weighted by molar-refractivity contribution is 0.0758. The summed E-state index contributed by atoms with van der Waals surface area (Å²) >= 11 is 0. The monoisotopic (exact) mass is 338 g/mol. The molecule has 1 fully saturated rings. The quantitative estimate of drug-likeness (QED) is 0.806. The maximum Gasteiger partial charge on any atom is 0.255 e. The average Bonchev–Trinajstić information content (AvgIpc) is 3.40. The number of para-hydroxylation sites is 1. The van der Waals surface area contributed by atoms with Gasteiger partial charge in [-0.15, -0.1) is 0 Å². The predicted octanol–water partition coefficient (Wildman–Crippen LogP) is 3.72. The molecule has 4 nitrogen and oxygen atoms in total. The van der Waals surface area contributed by atoms with Crippen molar-refractivity contribution >= 4 is 5.91 Å². The number of amides is 1. The van der Waals surface area contributed by atoms with Crippen molar-refractivity contribution in [1.29, 1.82) is 0 Å². The van der Waals surface area contributed by atoms with Crippen molar-refractivity contribution in [3.8, 4) is 5.69 Å². The molecule has 1 heterocycles. The number of rotatable bonds is 6. The molecule has 0 aliphatic heterocycles. The van der Waals surface area contributed by atoms with Gasteiger partial charge in [0.15, 0.2) is 0 Å². The van der Waals surface area contributed by atoms with Gasteiger partial charge in [0.2, 0.25) is 0 Å². The van der Waals surface area contributed by atoms with Crippen LogP contribution in [0.3, 0.4) is 0 Å². The van der Waals surface area contributed by atoms with Gasteiger partial charge in [-0.05, 0) is 50.8 Å². The fourth-order valence-corrected chi connectivity index (χ4v) is 3.41. The van der Waals surface area contributed by atoms with Gasteiger partial charge in [0.25, 0.3) is 11.5 Å². The van der Waals surface area contributed by atoms with Gasteiger partial charge in [0.1, 0.15) is 0 Å². The first kappa shape index (κ1) is 17.5. The van der Waals surface area contributed by atoms with Crippen LogP contribution in [0.2, 0.25) is 0 Å². The molecule has 0 radical (unpaired) electrons. The van der Waals surface area contributed by atoms with Crippen molar-refractivity contribution in [2.24, 2.45) is 5.92 Å². The Kier molecular flexibility index (Phi) is 5.07. The summed E-state index contributed by atoms with van der Waals surface area (Å²) in [6.07, 6.45) is 3.67. The molecule has 3 rings (SSSR count). The second-order valence-electron chi connectivity index (χ2n) is 6.91. The highest BCUT2D eigenvalue weighted by atomic mass is 16.2. The summed E-state index contributed by atoms with van der Waals surface area (Å²) in [5.41, 5.74) is 2.82. The molecule has 0 saturated heterocycles. The van der Waals surface area contributed by atoms with Gasteiger partial charge >= 0.3 is 0 Å². The number of benzene rings is 1. The van der Waals surface area contributed by atoms with E-state index in [0.717, 1.165) is 30.1 Å². The van der Waals surface area contributed by atoms with Crippen LogP contribution in [0, 0.1) is 19.8 Å². The van der Waals surface area contributed by atoms with E-state index in [1.807, 2.05) is 56.0 Å². The van der Waals surface area contributed by atoms with Gasteiger partial charge < -0.3 is 4.90 Å². The summed E-state index contributed by atoms with van der Waals surface area (Å²) in [4.78, 5) is 27.6. The van der Waals surface area contributed by atoms with Crippen LogP contribution in [-0.2, 0) is 0 Å². The second-order valence-corrected chi connectivity index (χ2v) is 6.91. The summed E-state index contributed by atoms with van der Waals surface area (Å²) in [6.45, 7) is 7.22. The highest BCUT2D eigenvalue weighted by molar-refractivity contribution is 5.96. The lowest BCUT2D eigenvalue weighted by Gasteiger charge is -2.24. The first-order chi connectivity index (χ1) is 12.0. The zero-order chi connectivity index (χ0) is 18.0. The number of aromatic nitrogens is 1. The molecule has 0 unspecified atom stereocenters. The molecule has 4 heteroatoms. The number of carbonyl (C=O) groups excluding carboxylic acids is 1. The minimum absolute atomic E-state index is 0.0304. The van der Waals surface area contributed by atoms with Gasteiger partial charge in [-0.1, -0.05) is 31.0 Å². The Morgan fingerprint density at radius 1 is 1.20 bits per heavy atom. The Labute approximate surface area is 149 Å². The smallest absolute Gasteiger partial charge is 0.255 e. The molecule has 0 atom stereocenters. The number of hydrogen-bond donors (Lipinski definition) is 0. The normalized spacial score (nSPS) is 13.7. The largest absolute Gasteiger partial charge is 0.339 e. The first-order valence-corrected chi connectivity index (χ1v) is 9.11. The van der Waals surface area contributed by atoms with Crippen LogP contribution in [0.5, 0.6) is 0 Å². The van der Waals surface area contributed by atoms with E-state index in [4.69, 9.17) is 0 Å². The fourth-order valence-electron chi connectivity index (χ4n) is 3.41. The molecule has 1 saturated carbocycles. The van der Waals surface area contributed by atoms with Crippen molar-refractivity contribution < 1.29 is 4.79 Å². The number of hydrogen-bond acceptors (Lipinski definition) is 2.